The van der Waals surface area contributed by atoms with E-state index < -0.39 is 21.9 Å². The summed E-state index contributed by atoms with van der Waals surface area (Å²) < 4.78 is 53.7. The van der Waals surface area contributed by atoms with Gasteiger partial charge in [-0.15, -0.1) is 5.10 Å². The lowest BCUT2D eigenvalue weighted by Crippen LogP contribution is -2.18. The monoisotopic (exact) mass is 352 g/mol. The van der Waals surface area contributed by atoms with Crippen molar-refractivity contribution in [1.29, 1.82) is 0 Å². The minimum Gasteiger partial charge on any atom is -0.371 e. The molecule has 0 aliphatic carbocycles. The first-order valence-corrected chi connectivity index (χ1v) is 7.99. The Morgan fingerprint density at radius 3 is 2.38 bits per heavy atom. The van der Waals surface area contributed by atoms with Crippen LogP contribution in [0.15, 0.2) is 48.7 Å². The second kappa shape index (κ2) is 5.98. The molecule has 0 aliphatic heterocycles. The molecular weight excluding hydrogens is 342 g/mol. The third-order valence-electron chi connectivity index (χ3n) is 3.02. The van der Waals surface area contributed by atoms with Gasteiger partial charge in [0, 0.05) is 11.6 Å². The molecule has 2 N–H and O–H groups in total. The van der Waals surface area contributed by atoms with Crippen LogP contribution in [-0.4, -0.2) is 23.4 Å². The SMILES string of the molecule is NS(=O)(=O)Oc1ccc(-c2cn(-c3ccc(F)c(F)c3)nn2)cc1. The largest absolute Gasteiger partial charge is 0.380 e. The van der Waals surface area contributed by atoms with Gasteiger partial charge in [0.25, 0.3) is 0 Å². The summed E-state index contributed by atoms with van der Waals surface area (Å²) in [6, 6.07) is 9.26. The highest BCUT2D eigenvalue weighted by Crippen LogP contribution is 2.22. The standard InChI is InChI=1S/C14H10F2N4O3S/c15-12-6-3-10(7-13(12)16)20-8-14(18-19-20)9-1-4-11(5-2-9)23-24(17,21)22/h1-8H,(H2,17,21,22). The van der Waals surface area contributed by atoms with Gasteiger partial charge in [0.15, 0.2) is 11.6 Å². The average Bonchev–Trinajstić information content (AvgIpc) is 2.99. The molecule has 0 atom stereocenters. The van der Waals surface area contributed by atoms with Crippen molar-refractivity contribution in [3.63, 3.8) is 0 Å². The fourth-order valence-electron chi connectivity index (χ4n) is 1.97. The maximum absolute atomic E-state index is 13.3. The molecule has 10 heteroatoms. The van der Waals surface area contributed by atoms with Gasteiger partial charge in [0.2, 0.25) is 0 Å². The van der Waals surface area contributed by atoms with Crippen LogP contribution in [0.25, 0.3) is 16.9 Å². The van der Waals surface area contributed by atoms with E-state index in [-0.39, 0.29) is 5.75 Å². The van der Waals surface area contributed by atoms with E-state index in [2.05, 4.69) is 14.5 Å². The van der Waals surface area contributed by atoms with Crippen LogP contribution in [0, 0.1) is 11.6 Å². The molecule has 7 nitrogen and oxygen atoms in total. The van der Waals surface area contributed by atoms with E-state index >= 15 is 0 Å². The quantitative estimate of drug-likeness (QED) is 0.772. The number of rotatable bonds is 4. The number of nitrogens with zero attached hydrogens (tertiary/aromatic N) is 3. The lowest BCUT2D eigenvalue weighted by molar-refractivity contribution is 0.488. The van der Waals surface area contributed by atoms with E-state index in [0.717, 1.165) is 12.1 Å². The van der Waals surface area contributed by atoms with Crippen molar-refractivity contribution in [1.82, 2.24) is 15.0 Å². The van der Waals surface area contributed by atoms with Crippen LogP contribution in [0.5, 0.6) is 5.75 Å². The highest BCUT2D eigenvalue weighted by Gasteiger charge is 2.10. The van der Waals surface area contributed by atoms with E-state index in [1.54, 1.807) is 12.1 Å². The summed E-state index contributed by atoms with van der Waals surface area (Å²) in [6.45, 7) is 0. The van der Waals surface area contributed by atoms with Gasteiger partial charge in [-0.25, -0.2) is 13.5 Å². The third-order valence-corrected chi connectivity index (χ3v) is 3.45. The zero-order valence-corrected chi connectivity index (χ0v) is 12.7. The number of aromatic nitrogens is 3. The Bertz CT molecular complexity index is 988. The van der Waals surface area contributed by atoms with Gasteiger partial charge < -0.3 is 4.18 Å². The predicted octanol–water partition coefficient (Wildman–Crippen LogP) is 1.79. The van der Waals surface area contributed by atoms with Crippen LogP contribution in [-0.2, 0) is 10.3 Å². The predicted molar refractivity (Wildman–Crippen MR) is 80.4 cm³/mol. The molecule has 1 aromatic heterocycles. The molecule has 0 unspecified atom stereocenters. The molecule has 2 aromatic carbocycles. The van der Waals surface area contributed by atoms with Crippen LogP contribution in [0.4, 0.5) is 8.78 Å². The van der Waals surface area contributed by atoms with Crippen LogP contribution in [0.3, 0.4) is 0 Å². The molecule has 0 fully saturated rings. The average molecular weight is 352 g/mol. The summed E-state index contributed by atoms with van der Waals surface area (Å²) >= 11 is 0. The van der Waals surface area contributed by atoms with E-state index in [9.17, 15) is 17.2 Å². The summed E-state index contributed by atoms with van der Waals surface area (Å²) in [4.78, 5) is 0. The minimum atomic E-state index is -4.09. The molecule has 124 valence electrons. The van der Waals surface area contributed by atoms with Crippen molar-refractivity contribution in [2.75, 3.05) is 0 Å². The lowest BCUT2D eigenvalue weighted by atomic mass is 10.2. The van der Waals surface area contributed by atoms with Gasteiger partial charge >= 0.3 is 10.3 Å². The van der Waals surface area contributed by atoms with E-state index in [0.29, 0.717) is 16.9 Å². The van der Waals surface area contributed by atoms with Gasteiger partial charge in [-0.2, -0.15) is 13.6 Å². The lowest BCUT2D eigenvalue weighted by Gasteiger charge is -2.02. The first kappa shape index (κ1) is 16.0. The number of hydrogen-bond donors (Lipinski definition) is 1. The molecule has 0 saturated carbocycles. The maximum atomic E-state index is 13.3. The molecule has 0 aliphatic rings. The number of halogens is 2. The number of hydrogen-bond acceptors (Lipinski definition) is 5. The van der Waals surface area contributed by atoms with Crippen LogP contribution in [0.2, 0.25) is 0 Å². The fourth-order valence-corrected chi connectivity index (χ4v) is 2.34. The summed E-state index contributed by atoms with van der Waals surface area (Å²) in [5.74, 6) is -1.90. The molecule has 0 spiro atoms. The van der Waals surface area contributed by atoms with Crippen LogP contribution >= 0.6 is 0 Å². The van der Waals surface area contributed by atoms with Crippen molar-refractivity contribution in [3.8, 4) is 22.7 Å². The first-order valence-electron chi connectivity index (χ1n) is 6.52. The number of benzene rings is 2. The topological polar surface area (TPSA) is 100 Å². The summed E-state index contributed by atoms with van der Waals surface area (Å²) in [7, 11) is -4.09. The number of nitrogens with two attached hydrogens (primary N) is 1. The second-order valence-corrected chi connectivity index (χ2v) is 5.90. The van der Waals surface area contributed by atoms with Crippen LogP contribution in [0.1, 0.15) is 0 Å². The van der Waals surface area contributed by atoms with Crippen molar-refractivity contribution in [3.05, 3.63) is 60.3 Å². The Balaban J connectivity index is 1.86. The summed E-state index contributed by atoms with van der Waals surface area (Å²) in [5.41, 5.74) is 1.37. The highest BCUT2D eigenvalue weighted by molar-refractivity contribution is 7.84. The molecule has 0 bridgehead atoms. The summed E-state index contributed by atoms with van der Waals surface area (Å²) in [6.07, 6.45) is 1.52. The highest BCUT2D eigenvalue weighted by atomic mass is 32.2. The van der Waals surface area contributed by atoms with Gasteiger partial charge in [0.1, 0.15) is 11.4 Å². The Morgan fingerprint density at radius 1 is 1.04 bits per heavy atom. The fraction of sp³-hybridized carbons (Fsp3) is 0. The molecule has 1 heterocycles. The Hall–Kier alpha value is -2.85. The van der Waals surface area contributed by atoms with Crippen LogP contribution < -0.4 is 9.32 Å². The van der Waals surface area contributed by atoms with E-state index in [1.807, 2.05) is 0 Å². The van der Waals surface area contributed by atoms with E-state index in [1.165, 1.54) is 29.1 Å². The van der Waals surface area contributed by atoms with Gasteiger partial charge in [-0.05, 0) is 36.4 Å². The maximum Gasteiger partial charge on any atom is 0.380 e. The molecule has 0 radical (unpaired) electrons. The van der Waals surface area contributed by atoms with Gasteiger partial charge in [-0.1, -0.05) is 5.21 Å². The normalized spacial score (nSPS) is 11.5. The van der Waals surface area contributed by atoms with Crippen molar-refractivity contribution in [2.45, 2.75) is 0 Å². The minimum absolute atomic E-state index is 0.0502. The molecule has 3 rings (SSSR count). The molecule has 0 saturated heterocycles. The summed E-state index contributed by atoms with van der Waals surface area (Å²) in [5, 5.41) is 12.6. The molecule has 24 heavy (non-hydrogen) atoms. The van der Waals surface area contributed by atoms with Crippen molar-refractivity contribution >= 4 is 10.3 Å². The molecule has 3 aromatic rings. The van der Waals surface area contributed by atoms with Crippen molar-refractivity contribution < 1.29 is 21.4 Å². The van der Waals surface area contributed by atoms with Gasteiger partial charge in [-0.3, -0.25) is 0 Å². The smallest absolute Gasteiger partial charge is 0.371 e. The zero-order chi connectivity index (χ0) is 17.3. The van der Waals surface area contributed by atoms with Gasteiger partial charge in [0.05, 0.1) is 11.9 Å². The zero-order valence-electron chi connectivity index (χ0n) is 11.9. The third kappa shape index (κ3) is 3.55. The molecular formula is C14H10F2N4O3S. The second-order valence-electron chi connectivity index (χ2n) is 4.75. The Labute approximate surface area is 135 Å². The Morgan fingerprint density at radius 2 is 1.75 bits per heavy atom. The van der Waals surface area contributed by atoms with E-state index in [4.69, 9.17) is 5.14 Å². The first-order chi connectivity index (χ1) is 11.3. The molecule has 0 amide bonds. The van der Waals surface area contributed by atoms with Crippen molar-refractivity contribution in [2.24, 2.45) is 5.14 Å². The Kier molecular flexibility index (Phi) is 3.99.